The summed E-state index contributed by atoms with van der Waals surface area (Å²) < 4.78 is 6.23. The van der Waals surface area contributed by atoms with Gasteiger partial charge in [0.15, 0.2) is 5.78 Å². The molecule has 0 radical (unpaired) electrons. The quantitative estimate of drug-likeness (QED) is 0.830. The van der Waals surface area contributed by atoms with Gasteiger partial charge in [0.2, 0.25) is 0 Å². The topological polar surface area (TPSA) is 38.3 Å². The van der Waals surface area contributed by atoms with Crippen molar-refractivity contribution in [2.24, 2.45) is 0 Å². The number of allylic oxidation sites excluding steroid dienone is 2. The molecule has 0 bridgehead atoms. The molecule has 2 aromatic carbocycles. The molecule has 4 heteroatoms. The first-order valence-electron chi connectivity index (χ1n) is 7.54. The Morgan fingerprint density at radius 2 is 1.74 bits per heavy atom. The van der Waals surface area contributed by atoms with E-state index in [0.717, 1.165) is 28.0 Å². The average Bonchev–Trinajstić information content (AvgIpc) is 2.56. The molecule has 3 nitrogen and oxygen atoms in total. The van der Waals surface area contributed by atoms with Gasteiger partial charge in [0.25, 0.3) is 0 Å². The molecule has 0 heterocycles. The first-order valence-corrected chi connectivity index (χ1v) is 8.33. The van der Waals surface area contributed by atoms with E-state index >= 15 is 0 Å². The normalized spacial score (nSPS) is 17.6. The Morgan fingerprint density at radius 3 is 2.39 bits per heavy atom. The lowest BCUT2D eigenvalue weighted by Gasteiger charge is -2.23. The molecule has 0 spiro atoms. The van der Waals surface area contributed by atoms with Crippen molar-refractivity contribution in [2.45, 2.75) is 18.8 Å². The third kappa shape index (κ3) is 4.02. The van der Waals surface area contributed by atoms with Crippen molar-refractivity contribution in [2.75, 3.05) is 12.4 Å². The predicted octanol–water partition coefficient (Wildman–Crippen LogP) is 4.90. The molecule has 118 valence electrons. The van der Waals surface area contributed by atoms with Gasteiger partial charge in [-0.2, -0.15) is 0 Å². The maximum atomic E-state index is 12.1. The van der Waals surface area contributed by atoms with Gasteiger partial charge in [0.05, 0.1) is 7.11 Å². The van der Waals surface area contributed by atoms with Crippen LogP contribution in [0.5, 0.6) is 5.75 Å². The summed E-state index contributed by atoms with van der Waals surface area (Å²) in [6.45, 7) is 0. The third-order valence-electron chi connectivity index (χ3n) is 3.99. The smallest absolute Gasteiger partial charge is 0.158 e. The molecule has 0 aliphatic heterocycles. The van der Waals surface area contributed by atoms with E-state index in [1.807, 2.05) is 48.5 Å². The second-order valence-corrected chi connectivity index (χ2v) is 6.56. The van der Waals surface area contributed by atoms with Crippen molar-refractivity contribution in [1.82, 2.24) is 0 Å². The fourth-order valence-electron chi connectivity index (χ4n) is 2.81. The van der Waals surface area contributed by atoms with E-state index in [-0.39, 0.29) is 11.7 Å². The van der Waals surface area contributed by atoms with Crippen LogP contribution in [0.15, 0.2) is 64.8 Å². The largest absolute Gasteiger partial charge is 0.497 e. The number of halogens is 1. The first kappa shape index (κ1) is 15.8. The van der Waals surface area contributed by atoms with Crippen LogP contribution >= 0.6 is 15.9 Å². The number of anilines is 1. The van der Waals surface area contributed by atoms with Crippen LogP contribution in [0.25, 0.3) is 0 Å². The number of carbonyl (C=O) groups excluding carboxylic acids is 1. The van der Waals surface area contributed by atoms with Crippen LogP contribution in [0.1, 0.15) is 24.3 Å². The van der Waals surface area contributed by atoms with Crippen molar-refractivity contribution in [1.29, 1.82) is 0 Å². The van der Waals surface area contributed by atoms with E-state index in [0.29, 0.717) is 6.42 Å². The lowest BCUT2D eigenvalue weighted by atomic mass is 9.85. The van der Waals surface area contributed by atoms with Crippen LogP contribution in [0, 0.1) is 0 Å². The van der Waals surface area contributed by atoms with Gasteiger partial charge in [-0.3, -0.25) is 4.79 Å². The van der Waals surface area contributed by atoms with Gasteiger partial charge in [-0.25, -0.2) is 0 Å². The number of hydrogen-bond donors (Lipinski definition) is 1. The maximum Gasteiger partial charge on any atom is 0.158 e. The molecule has 1 aliphatic carbocycles. The molecular formula is C19H18BrNO2. The highest BCUT2D eigenvalue weighted by Gasteiger charge is 2.22. The van der Waals surface area contributed by atoms with E-state index < -0.39 is 0 Å². The molecule has 1 N–H and O–H groups in total. The van der Waals surface area contributed by atoms with Gasteiger partial charge >= 0.3 is 0 Å². The lowest BCUT2D eigenvalue weighted by molar-refractivity contribution is -0.115. The lowest BCUT2D eigenvalue weighted by Crippen LogP contribution is -2.16. The fraction of sp³-hybridized carbons (Fsp3) is 0.211. The van der Waals surface area contributed by atoms with E-state index in [1.165, 1.54) is 5.56 Å². The van der Waals surface area contributed by atoms with Gasteiger partial charge < -0.3 is 10.1 Å². The van der Waals surface area contributed by atoms with Crippen LogP contribution in [-0.4, -0.2) is 12.9 Å². The third-order valence-corrected chi connectivity index (χ3v) is 4.51. The molecule has 1 aliphatic rings. The van der Waals surface area contributed by atoms with Crippen LogP contribution in [-0.2, 0) is 4.79 Å². The number of benzene rings is 2. The summed E-state index contributed by atoms with van der Waals surface area (Å²) in [4.78, 5) is 12.1. The van der Waals surface area contributed by atoms with Crippen molar-refractivity contribution in [3.63, 3.8) is 0 Å². The summed E-state index contributed by atoms with van der Waals surface area (Å²) in [5, 5.41) is 3.36. The van der Waals surface area contributed by atoms with Gasteiger partial charge in [-0.15, -0.1) is 0 Å². The Labute approximate surface area is 144 Å². The molecule has 0 saturated carbocycles. The molecular weight excluding hydrogens is 354 g/mol. The van der Waals surface area contributed by atoms with Gasteiger partial charge in [0, 0.05) is 28.4 Å². The van der Waals surface area contributed by atoms with E-state index in [1.54, 1.807) is 13.2 Å². The zero-order chi connectivity index (χ0) is 16.2. The van der Waals surface area contributed by atoms with E-state index in [9.17, 15) is 4.79 Å². The highest BCUT2D eigenvalue weighted by atomic mass is 79.9. The molecule has 0 aromatic heterocycles. The van der Waals surface area contributed by atoms with E-state index in [2.05, 4.69) is 21.2 Å². The first-order chi connectivity index (χ1) is 11.1. The van der Waals surface area contributed by atoms with Crippen LogP contribution in [0.4, 0.5) is 5.69 Å². The molecule has 1 atom stereocenters. The Morgan fingerprint density at radius 1 is 1.04 bits per heavy atom. The molecule has 23 heavy (non-hydrogen) atoms. The number of rotatable bonds is 4. The number of carbonyl (C=O) groups is 1. The summed E-state index contributed by atoms with van der Waals surface area (Å²) in [5.41, 5.74) is 3.12. The average molecular weight is 372 g/mol. The Hall–Kier alpha value is -2.07. The minimum atomic E-state index is 0.164. The number of nitrogens with one attached hydrogen (secondary N) is 1. The number of methoxy groups -OCH3 is 1. The monoisotopic (exact) mass is 371 g/mol. The molecule has 0 saturated heterocycles. The van der Waals surface area contributed by atoms with Crippen molar-refractivity contribution in [3.05, 3.63) is 70.3 Å². The highest BCUT2D eigenvalue weighted by Crippen LogP contribution is 2.32. The molecule has 0 fully saturated rings. The van der Waals surface area contributed by atoms with Gasteiger partial charge in [-0.1, -0.05) is 28.1 Å². The molecule has 2 aromatic rings. The highest BCUT2D eigenvalue weighted by molar-refractivity contribution is 9.10. The summed E-state index contributed by atoms with van der Waals surface area (Å²) in [5.74, 6) is 1.20. The minimum Gasteiger partial charge on any atom is -0.497 e. The van der Waals surface area contributed by atoms with Crippen molar-refractivity contribution >= 4 is 27.4 Å². The van der Waals surface area contributed by atoms with Crippen LogP contribution < -0.4 is 10.1 Å². The fourth-order valence-corrected chi connectivity index (χ4v) is 3.07. The van der Waals surface area contributed by atoms with E-state index in [4.69, 9.17) is 4.74 Å². The minimum absolute atomic E-state index is 0.164. The molecule has 0 amide bonds. The van der Waals surface area contributed by atoms with Crippen molar-refractivity contribution in [3.8, 4) is 5.75 Å². The van der Waals surface area contributed by atoms with Crippen molar-refractivity contribution < 1.29 is 9.53 Å². The second kappa shape index (κ2) is 7.01. The predicted molar refractivity (Wildman–Crippen MR) is 95.8 cm³/mol. The SMILES string of the molecule is COc1ccc([C@H]2CC(=O)C=C(Nc3ccc(Br)cc3)C2)cc1. The summed E-state index contributed by atoms with van der Waals surface area (Å²) in [7, 11) is 1.65. The zero-order valence-corrected chi connectivity index (χ0v) is 14.5. The second-order valence-electron chi connectivity index (χ2n) is 5.65. The standard InChI is InChI=1S/C19H18BrNO2/c1-23-19-8-2-13(3-9-19)14-10-17(12-18(22)11-14)21-16-6-4-15(20)5-7-16/h2-9,12,14,21H,10-11H2,1H3/t14-/m1/s1. The Balaban J connectivity index is 1.74. The number of hydrogen-bond acceptors (Lipinski definition) is 3. The summed E-state index contributed by atoms with van der Waals surface area (Å²) >= 11 is 3.43. The van der Waals surface area contributed by atoms with Crippen LogP contribution in [0.3, 0.4) is 0 Å². The summed E-state index contributed by atoms with van der Waals surface area (Å²) in [6, 6.07) is 15.9. The Bertz CT molecular complexity index is 720. The number of ether oxygens (including phenoxy) is 1. The number of ketones is 1. The van der Waals surface area contributed by atoms with Crippen LogP contribution in [0.2, 0.25) is 0 Å². The van der Waals surface area contributed by atoms with Gasteiger partial charge in [0.1, 0.15) is 5.75 Å². The molecule has 0 unspecified atom stereocenters. The van der Waals surface area contributed by atoms with Gasteiger partial charge in [-0.05, 0) is 54.3 Å². The Kier molecular flexibility index (Phi) is 4.82. The molecule has 3 rings (SSSR count). The summed E-state index contributed by atoms with van der Waals surface area (Å²) in [6.07, 6.45) is 3.11. The maximum absolute atomic E-state index is 12.1. The zero-order valence-electron chi connectivity index (χ0n) is 12.9.